The average Bonchev–Trinajstić information content (AvgIpc) is 2.39. The van der Waals surface area contributed by atoms with Crippen molar-refractivity contribution in [2.45, 2.75) is 24.9 Å². The zero-order valence-corrected chi connectivity index (χ0v) is 10.5. The summed E-state index contributed by atoms with van der Waals surface area (Å²) in [5.41, 5.74) is 0.575. The van der Waals surface area contributed by atoms with Crippen molar-refractivity contribution in [2.24, 2.45) is 0 Å². The first kappa shape index (κ1) is 12.8. The Kier molecular flexibility index (Phi) is 4.37. The largest absolute Gasteiger partial charge is 0.381 e. The molecule has 0 spiro atoms. The third-order valence-corrected chi connectivity index (χ3v) is 3.83. The summed E-state index contributed by atoms with van der Waals surface area (Å²) in [6, 6.07) is 6.82. The Hall–Kier alpha value is -0.640. The van der Waals surface area contributed by atoms with Gasteiger partial charge >= 0.3 is 0 Å². The van der Waals surface area contributed by atoms with Gasteiger partial charge in [0, 0.05) is 36.7 Å². The van der Waals surface area contributed by atoms with Crippen LogP contribution in [0.15, 0.2) is 24.3 Å². The third-order valence-electron chi connectivity index (χ3n) is 3.32. The van der Waals surface area contributed by atoms with Crippen LogP contribution in [0.3, 0.4) is 0 Å². The first-order valence-corrected chi connectivity index (χ1v) is 6.41. The number of alkyl halides is 1. The minimum absolute atomic E-state index is 0.109. The second-order valence-corrected chi connectivity index (χ2v) is 4.74. The van der Waals surface area contributed by atoms with E-state index in [-0.39, 0.29) is 11.4 Å². The third kappa shape index (κ3) is 3.18. The Morgan fingerprint density at radius 2 is 2.00 bits per heavy atom. The van der Waals surface area contributed by atoms with Crippen LogP contribution in [0.1, 0.15) is 18.4 Å². The van der Waals surface area contributed by atoms with Crippen molar-refractivity contribution in [3.63, 3.8) is 0 Å². The highest BCUT2D eigenvalue weighted by Gasteiger charge is 2.31. The zero-order valence-electron chi connectivity index (χ0n) is 9.72. The summed E-state index contributed by atoms with van der Waals surface area (Å²) in [6.07, 6.45) is 1.76. The molecule has 0 unspecified atom stereocenters. The van der Waals surface area contributed by atoms with Gasteiger partial charge in [-0.05, 0) is 18.9 Å². The van der Waals surface area contributed by atoms with Crippen LogP contribution in [-0.4, -0.2) is 24.6 Å². The van der Waals surface area contributed by atoms with Gasteiger partial charge in [0.15, 0.2) is 0 Å². The summed E-state index contributed by atoms with van der Waals surface area (Å²) >= 11 is 6.03. The minimum Gasteiger partial charge on any atom is -0.381 e. The van der Waals surface area contributed by atoms with Crippen LogP contribution < -0.4 is 5.32 Å². The van der Waals surface area contributed by atoms with Crippen LogP contribution in [0.2, 0.25) is 0 Å². The molecule has 0 bridgehead atoms. The zero-order chi connectivity index (χ0) is 12.1. The van der Waals surface area contributed by atoms with Gasteiger partial charge in [-0.3, -0.25) is 0 Å². The quantitative estimate of drug-likeness (QED) is 0.838. The van der Waals surface area contributed by atoms with Gasteiger partial charge in [-0.1, -0.05) is 18.2 Å². The molecule has 2 nitrogen and oxygen atoms in total. The molecule has 1 aromatic rings. The van der Waals surface area contributed by atoms with Gasteiger partial charge in [-0.2, -0.15) is 0 Å². The molecule has 17 heavy (non-hydrogen) atoms. The highest BCUT2D eigenvalue weighted by molar-refractivity contribution is 6.18. The lowest BCUT2D eigenvalue weighted by molar-refractivity contribution is 0.0458. The van der Waals surface area contributed by atoms with Gasteiger partial charge in [-0.15, -0.1) is 11.6 Å². The second kappa shape index (κ2) is 5.80. The van der Waals surface area contributed by atoms with Crippen LogP contribution in [0.4, 0.5) is 4.39 Å². The minimum atomic E-state index is -0.170. The van der Waals surface area contributed by atoms with Crippen molar-refractivity contribution in [3.05, 3.63) is 35.6 Å². The van der Waals surface area contributed by atoms with Crippen LogP contribution in [0, 0.1) is 5.82 Å². The molecule has 0 saturated carbocycles. The molecule has 1 aliphatic heterocycles. The van der Waals surface area contributed by atoms with Crippen LogP contribution in [-0.2, 0) is 11.3 Å². The SMILES string of the molecule is Fc1ccccc1CNC1(CCl)CCOCC1. The maximum atomic E-state index is 13.5. The second-order valence-electron chi connectivity index (χ2n) is 4.47. The molecule has 4 heteroatoms. The van der Waals surface area contributed by atoms with E-state index >= 15 is 0 Å². The highest BCUT2D eigenvalue weighted by atomic mass is 35.5. The van der Waals surface area contributed by atoms with Gasteiger partial charge in [0.25, 0.3) is 0 Å². The number of nitrogens with one attached hydrogen (secondary N) is 1. The Balaban J connectivity index is 1.98. The fourth-order valence-corrected chi connectivity index (χ4v) is 2.41. The molecule has 1 fully saturated rings. The highest BCUT2D eigenvalue weighted by Crippen LogP contribution is 2.23. The number of hydrogen-bond donors (Lipinski definition) is 1. The van der Waals surface area contributed by atoms with E-state index in [0.717, 1.165) is 26.1 Å². The van der Waals surface area contributed by atoms with Crippen LogP contribution >= 0.6 is 11.6 Å². The van der Waals surface area contributed by atoms with Crippen molar-refractivity contribution in [2.75, 3.05) is 19.1 Å². The van der Waals surface area contributed by atoms with Crippen molar-refractivity contribution in [3.8, 4) is 0 Å². The van der Waals surface area contributed by atoms with Gasteiger partial charge in [-0.25, -0.2) is 4.39 Å². The molecule has 0 aliphatic carbocycles. The Morgan fingerprint density at radius 3 is 2.65 bits per heavy atom. The van der Waals surface area contributed by atoms with E-state index in [0.29, 0.717) is 18.0 Å². The molecule has 94 valence electrons. The summed E-state index contributed by atoms with van der Waals surface area (Å²) in [4.78, 5) is 0. The average molecular weight is 258 g/mol. The number of rotatable bonds is 4. The summed E-state index contributed by atoms with van der Waals surface area (Å²) in [7, 11) is 0. The van der Waals surface area contributed by atoms with E-state index in [4.69, 9.17) is 16.3 Å². The van der Waals surface area contributed by atoms with Gasteiger partial charge in [0.2, 0.25) is 0 Å². The lowest BCUT2D eigenvalue weighted by Crippen LogP contribution is -2.50. The molecular weight excluding hydrogens is 241 g/mol. The first-order valence-electron chi connectivity index (χ1n) is 5.88. The van der Waals surface area contributed by atoms with Crippen molar-refractivity contribution in [1.29, 1.82) is 0 Å². The number of benzene rings is 1. The lowest BCUT2D eigenvalue weighted by Gasteiger charge is -2.36. The Morgan fingerprint density at radius 1 is 1.29 bits per heavy atom. The number of ether oxygens (including phenoxy) is 1. The lowest BCUT2D eigenvalue weighted by atomic mass is 9.92. The van der Waals surface area contributed by atoms with Crippen molar-refractivity contribution < 1.29 is 9.13 Å². The topological polar surface area (TPSA) is 21.3 Å². The molecule has 1 aliphatic rings. The smallest absolute Gasteiger partial charge is 0.127 e. The van der Waals surface area contributed by atoms with Gasteiger partial charge in [0.05, 0.1) is 0 Å². The normalized spacial score (nSPS) is 19.2. The summed E-state index contributed by atoms with van der Waals surface area (Å²) in [6.45, 7) is 1.95. The fraction of sp³-hybridized carbons (Fsp3) is 0.538. The predicted octanol–water partition coefficient (Wildman–Crippen LogP) is 2.70. The molecule has 1 heterocycles. The molecule has 0 atom stereocenters. The van der Waals surface area contributed by atoms with E-state index in [9.17, 15) is 4.39 Å². The van der Waals surface area contributed by atoms with E-state index in [2.05, 4.69) is 5.32 Å². The van der Waals surface area contributed by atoms with E-state index in [1.807, 2.05) is 6.07 Å². The summed E-state index contributed by atoms with van der Waals surface area (Å²) in [5.74, 6) is 0.363. The fourth-order valence-electron chi connectivity index (χ4n) is 2.04. The summed E-state index contributed by atoms with van der Waals surface area (Å²) < 4.78 is 18.8. The molecule has 1 aromatic carbocycles. The maximum Gasteiger partial charge on any atom is 0.127 e. The molecule has 1 saturated heterocycles. The monoisotopic (exact) mass is 257 g/mol. The van der Waals surface area contributed by atoms with Gasteiger partial charge in [0.1, 0.15) is 5.82 Å². The number of hydrogen-bond acceptors (Lipinski definition) is 2. The van der Waals surface area contributed by atoms with Gasteiger partial charge < -0.3 is 10.1 Å². The summed E-state index contributed by atoms with van der Waals surface area (Å²) in [5, 5.41) is 3.39. The van der Waals surface area contributed by atoms with Crippen molar-refractivity contribution >= 4 is 11.6 Å². The van der Waals surface area contributed by atoms with Crippen LogP contribution in [0.5, 0.6) is 0 Å². The number of halogens is 2. The van der Waals surface area contributed by atoms with Crippen LogP contribution in [0.25, 0.3) is 0 Å². The van der Waals surface area contributed by atoms with E-state index in [1.54, 1.807) is 12.1 Å². The molecule has 0 radical (unpaired) electrons. The predicted molar refractivity (Wildman–Crippen MR) is 66.7 cm³/mol. The molecule has 1 N–H and O–H groups in total. The molecule has 0 amide bonds. The molecule has 2 rings (SSSR count). The molecular formula is C13H17ClFNO. The van der Waals surface area contributed by atoms with E-state index in [1.165, 1.54) is 6.07 Å². The maximum absolute atomic E-state index is 13.5. The Labute approximate surface area is 106 Å². The molecule has 0 aromatic heterocycles. The standard InChI is InChI=1S/C13H17ClFNO/c14-10-13(5-7-17-8-6-13)16-9-11-3-1-2-4-12(11)15/h1-4,16H,5-10H2. The first-order chi connectivity index (χ1) is 8.26. The Bertz CT molecular complexity index is 366. The van der Waals surface area contributed by atoms with E-state index < -0.39 is 0 Å². The van der Waals surface area contributed by atoms with Crippen molar-refractivity contribution in [1.82, 2.24) is 5.32 Å².